The summed E-state index contributed by atoms with van der Waals surface area (Å²) < 4.78 is 31.1. The van der Waals surface area contributed by atoms with Crippen LogP contribution in [-0.4, -0.2) is 57.6 Å². The molecular formula is C22H28ClN3O5S. The molecule has 174 valence electrons. The zero-order chi connectivity index (χ0) is 23.9. The van der Waals surface area contributed by atoms with Crippen LogP contribution in [0.1, 0.15) is 19.4 Å². The number of carbonyl (C=O) groups is 2. The number of nitrogens with one attached hydrogen (secondary N) is 1. The van der Waals surface area contributed by atoms with Gasteiger partial charge in [0.25, 0.3) is 0 Å². The van der Waals surface area contributed by atoms with Crippen molar-refractivity contribution in [3.05, 3.63) is 59.1 Å². The number of hydrogen-bond donors (Lipinski definition) is 1. The second kappa shape index (κ2) is 11.2. The van der Waals surface area contributed by atoms with Crippen LogP contribution in [0.25, 0.3) is 0 Å². The van der Waals surface area contributed by atoms with E-state index in [4.69, 9.17) is 16.3 Å². The van der Waals surface area contributed by atoms with Crippen molar-refractivity contribution in [2.24, 2.45) is 0 Å². The average molecular weight is 482 g/mol. The molecule has 0 radical (unpaired) electrons. The molecule has 2 amide bonds. The number of rotatable bonds is 10. The highest BCUT2D eigenvalue weighted by Gasteiger charge is 2.29. The van der Waals surface area contributed by atoms with Crippen LogP contribution in [0.3, 0.4) is 0 Å². The van der Waals surface area contributed by atoms with Gasteiger partial charge < -0.3 is 15.0 Å². The lowest BCUT2D eigenvalue weighted by Crippen LogP contribution is -2.51. The van der Waals surface area contributed by atoms with E-state index in [2.05, 4.69) is 5.32 Å². The van der Waals surface area contributed by atoms with Gasteiger partial charge in [-0.2, -0.15) is 0 Å². The highest BCUT2D eigenvalue weighted by Crippen LogP contribution is 2.22. The number of ether oxygens (including phenoxy) is 1. The summed E-state index contributed by atoms with van der Waals surface area (Å²) >= 11 is 6.07. The lowest BCUT2D eigenvalue weighted by molar-refractivity contribution is -0.139. The van der Waals surface area contributed by atoms with Gasteiger partial charge in [-0.1, -0.05) is 23.7 Å². The standard InChI is InChI=1S/C22H28ClN3O5S/c1-5-24-22(28)16(2)25(14-17-7-6-8-18(23)13-17)21(27)15-26(32(4,29)30)19-9-11-20(31-3)12-10-19/h6-13,16H,5,14-15H2,1-4H3,(H,24,28)/t16-/m1/s1. The maximum atomic E-state index is 13.3. The molecule has 2 aromatic rings. The highest BCUT2D eigenvalue weighted by atomic mass is 35.5. The van der Waals surface area contributed by atoms with Gasteiger partial charge in [-0.25, -0.2) is 8.42 Å². The van der Waals surface area contributed by atoms with E-state index >= 15 is 0 Å². The number of anilines is 1. The van der Waals surface area contributed by atoms with Gasteiger partial charge in [-0.05, 0) is 55.8 Å². The van der Waals surface area contributed by atoms with Crippen LogP contribution in [0.2, 0.25) is 5.02 Å². The number of amides is 2. The molecule has 0 heterocycles. The zero-order valence-corrected chi connectivity index (χ0v) is 20.1. The predicted molar refractivity (Wildman–Crippen MR) is 125 cm³/mol. The van der Waals surface area contributed by atoms with Crippen LogP contribution in [0.5, 0.6) is 5.75 Å². The third kappa shape index (κ3) is 6.86. The smallest absolute Gasteiger partial charge is 0.244 e. The van der Waals surface area contributed by atoms with Gasteiger partial charge in [0.2, 0.25) is 21.8 Å². The number of sulfonamides is 1. The quantitative estimate of drug-likeness (QED) is 0.562. The first-order valence-corrected chi connectivity index (χ1v) is 12.2. The van der Waals surface area contributed by atoms with Gasteiger partial charge in [0.1, 0.15) is 18.3 Å². The average Bonchev–Trinajstić information content (AvgIpc) is 2.74. The topological polar surface area (TPSA) is 96.0 Å². The van der Waals surface area contributed by atoms with E-state index in [9.17, 15) is 18.0 Å². The van der Waals surface area contributed by atoms with Crippen molar-refractivity contribution in [2.75, 3.05) is 30.8 Å². The van der Waals surface area contributed by atoms with E-state index in [0.717, 1.165) is 16.1 Å². The van der Waals surface area contributed by atoms with Gasteiger partial charge in [0.05, 0.1) is 19.1 Å². The van der Waals surface area contributed by atoms with Crippen molar-refractivity contribution >= 4 is 39.1 Å². The van der Waals surface area contributed by atoms with E-state index in [0.29, 0.717) is 23.0 Å². The molecule has 2 aromatic carbocycles. The molecule has 0 saturated carbocycles. The summed E-state index contributed by atoms with van der Waals surface area (Å²) in [5.74, 6) is -0.302. The van der Waals surface area contributed by atoms with Crippen LogP contribution in [0, 0.1) is 0 Å². The van der Waals surface area contributed by atoms with E-state index in [1.165, 1.54) is 12.0 Å². The third-order valence-electron chi connectivity index (χ3n) is 4.80. The first kappa shape index (κ1) is 25.5. The molecule has 0 unspecified atom stereocenters. The Hall–Kier alpha value is -2.78. The van der Waals surface area contributed by atoms with Crippen molar-refractivity contribution in [3.8, 4) is 5.75 Å². The molecule has 8 nitrogen and oxygen atoms in total. The Morgan fingerprint density at radius 2 is 1.81 bits per heavy atom. The molecule has 32 heavy (non-hydrogen) atoms. The van der Waals surface area contributed by atoms with Gasteiger partial charge >= 0.3 is 0 Å². The third-order valence-corrected chi connectivity index (χ3v) is 6.18. The van der Waals surface area contributed by atoms with E-state index in [1.807, 2.05) is 0 Å². The molecule has 10 heteroatoms. The summed E-state index contributed by atoms with van der Waals surface area (Å²) in [7, 11) is -2.28. The fourth-order valence-corrected chi connectivity index (χ4v) is 4.16. The largest absolute Gasteiger partial charge is 0.497 e. The monoisotopic (exact) mass is 481 g/mol. The summed E-state index contributed by atoms with van der Waals surface area (Å²) in [6, 6.07) is 12.5. The Kier molecular flexibility index (Phi) is 8.91. The lowest BCUT2D eigenvalue weighted by Gasteiger charge is -2.31. The van der Waals surface area contributed by atoms with Crippen molar-refractivity contribution in [1.29, 1.82) is 0 Å². The van der Waals surface area contributed by atoms with Crippen LogP contribution in [-0.2, 0) is 26.2 Å². The van der Waals surface area contributed by atoms with Crippen LogP contribution < -0.4 is 14.4 Å². The number of likely N-dealkylation sites (N-methyl/N-ethyl adjacent to an activating group) is 1. The zero-order valence-electron chi connectivity index (χ0n) is 18.5. The Bertz CT molecular complexity index is 1040. The lowest BCUT2D eigenvalue weighted by atomic mass is 10.1. The van der Waals surface area contributed by atoms with Crippen LogP contribution >= 0.6 is 11.6 Å². The fourth-order valence-electron chi connectivity index (χ4n) is 3.10. The minimum absolute atomic E-state index is 0.0951. The molecule has 0 saturated heterocycles. The van der Waals surface area contributed by atoms with Gasteiger partial charge in [0, 0.05) is 18.1 Å². The summed E-state index contributed by atoms with van der Waals surface area (Å²) in [6.07, 6.45) is 1.03. The normalized spacial score (nSPS) is 12.0. The van der Waals surface area contributed by atoms with E-state index in [1.54, 1.807) is 62.4 Å². The molecule has 0 aliphatic carbocycles. The molecule has 0 aliphatic heterocycles. The second-order valence-electron chi connectivity index (χ2n) is 7.19. The van der Waals surface area contributed by atoms with Gasteiger partial charge in [-0.15, -0.1) is 0 Å². The molecule has 0 spiro atoms. The maximum Gasteiger partial charge on any atom is 0.244 e. The first-order valence-electron chi connectivity index (χ1n) is 10.00. The number of nitrogens with zero attached hydrogens (tertiary/aromatic N) is 2. The Labute approximate surface area is 194 Å². The first-order chi connectivity index (χ1) is 15.1. The predicted octanol–water partition coefficient (Wildman–Crippen LogP) is 2.67. The molecule has 0 aliphatic rings. The van der Waals surface area contributed by atoms with Crippen molar-refractivity contribution < 1.29 is 22.7 Å². The number of methoxy groups -OCH3 is 1. The van der Waals surface area contributed by atoms with Crippen LogP contribution in [0.15, 0.2) is 48.5 Å². The summed E-state index contributed by atoms with van der Waals surface area (Å²) in [5, 5.41) is 3.20. The van der Waals surface area contributed by atoms with E-state index < -0.39 is 28.5 Å². The minimum atomic E-state index is -3.78. The molecule has 2 rings (SSSR count). The Morgan fingerprint density at radius 1 is 1.16 bits per heavy atom. The summed E-state index contributed by atoms with van der Waals surface area (Å²) in [5.41, 5.74) is 1.03. The number of benzene rings is 2. The fraction of sp³-hybridized carbons (Fsp3) is 0.364. The van der Waals surface area contributed by atoms with Gasteiger partial charge in [-0.3, -0.25) is 13.9 Å². The number of hydrogen-bond acceptors (Lipinski definition) is 5. The molecule has 1 atom stereocenters. The molecule has 1 N–H and O–H groups in total. The number of carbonyl (C=O) groups excluding carboxylic acids is 2. The van der Waals surface area contributed by atoms with Crippen molar-refractivity contribution in [2.45, 2.75) is 26.4 Å². The highest BCUT2D eigenvalue weighted by molar-refractivity contribution is 7.92. The molecule has 0 fully saturated rings. The second-order valence-corrected chi connectivity index (χ2v) is 9.53. The SMILES string of the molecule is CCNC(=O)[C@@H](C)N(Cc1cccc(Cl)c1)C(=O)CN(c1ccc(OC)cc1)S(C)(=O)=O. The molecule has 0 aromatic heterocycles. The van der Waals surface area contributed by atoms with Crippen molar-refractivity contribution in [1.82, 2.24) is 10.2 Å². The minimum Gasteiger partial charge on any atom is -0.497 e. The van der Waals surface area contributed by atoms with E-state index in [-0.39, 0.29) is 12.5 Å². The van der Waals surface area contributed by atoms with Crippen molar-refractivity contribution in [3.63, 3.8) is 0 Å². The Balaban J connectivity index is 2.37. The number of halogens is 1. The maximum absolute atomic E-state index is 13.3. The summed E-state index contributed by atoms with van der Waals surface area (Å²) in [4.78, 5) is 27.2. The molecular weight excluding hydrogens is 454 g/mol. The van der Waals surface area contributed by atoms with Gasteiger partial charge in [0.15, 0.2) is 0 Å². The Morgan fingerprint density at radius 3 is 2.34 bits per heavy atom. The van der Waals surface area contributed by atoms with Crippen LogP contribution in [0.4, 0.5) is 5.69 Å². The summed E-state index contributed by atoms with van der Waals surface area (Å²) in [6.45, 7) is 3.42. The molecule has 0 bridgehead atoms.